The molecule has 17 heavy (non-hydrogen) atoms. The van der Waals surface area contributed by atoms with Crippen LogP contribution in [0, 0.1) is 13.8 Å². The first kappa shape index (κ1) is 14.3. The van der Waals surface area contributed by atoms with Crippen molar-refractivity contribution in [1.29, 1.82) is 0 Å². The molecule has 0 radical (unpaired) electrons. The van der Waals surface area contributed by atoms with Crippen molar-refractivity contribution in [3.8, 4) is 0 Å². The summed E-state index contributed by atoms with van der Waals surface area (Å²) in [5, 5.41) is 0. The monoisotopic (exact) mass is 258 g/mol. The van der Waals surface area contributed by atoms with Gasteiger partial charge in [0.2, 0.25) is 10.0 Å². The lowest BCUT2D eigenvalue weighted by Crippen LogP contribution is -2.26. The highest BCUT2D eigenvalue weighted by Gasteiger charge is 2.11. The highest BCUT2D eigenvalue weighted by Crippen LogP contribution is 2.13. The second kappa shape index (κ2) is 5.69. The van der Waals surface area contributed by atoms with Gasteiger partial charge in [0.15, 0.2) is 0 Å². The van der Waals surface area contributed by atoms with Crippen LogP contribution in [0.1, 0.15) is 36.7 Å². The zero-order chi connectivity index (χ0) is 13.1. The summed E-state index contributed by atoms with van der Waals surface area (Å²) in [6.45, 7) is 6.39. The molecule has 0 aliphatic rings. The molecule has 1 rings (SSSR count). The molecule has 4 nitrogen and oxygen atoms in total. The molecule has 0 aromatic carbocycles. The predicted octanol–water partition coefficient (Wildman–Crippen LogP) is 1.86. The molecule has 0 aliphatic heterocycles. The molecule has 0 amide bonds. The topological polar surface area (TPSA) is 51.1 Å². The van der Waals surface area contributed by atoms with Crippen molar-refractivity contribution in [3.05, 3.63) is 23.0 Å². The lowest BCUT2D eigenvalue weighted by atomic mass is 10.2. The van der Waals surface area contributed by atoms with E-state index in [-0.39, 0.29) is 5.75 Å². The van der Waals surface area contributed by atoms with Gasteiger partial charge in [0.1, 0.15) is 0 Å². The summed E-state index contributed by atoms with van der Waals surface area (Å²) >= 11 is 0. The molecule has 1 aromatic heterocycles. The smallest absolute Gasteiger partial charge is 0.211 e. The van der Waals surface area contributed by atoms with E-state index >= 15 is 0 Å². The number of nitrogens with zero attached hydrogens (tertiary/aromatic N) is 1. The Morgan fingerprint density at radius 2 is 2.00 bits per heavy atom. The third-order valence-corrected chi connectivity index (χ3v) is 4.54. The van der Waals surface area contributed by atoms with E-state index in [1.165, 1.54) is 0 Å². The van der Waals surface area contributed by atoms with Gasteiger partial charge < -0.3 is 4.57 Å². The molecule has 0 spiro atoms. The Labute approximate surface area is 104 Å². The Morgan fingerprint density at radius 1 is 1.35 bits per heavy atom. The van der Waals surface area contributed by atoms with E-state index in [1.807, 2.05) is 33.9 Å². The van der Waals surface area contributed by atoms with Crippen molar-refractivity contribution in [2.75, 3.05) is 5.75 Å². The van der Waals surface area contributed by atoms with E-state index in [1.54, 1.807) is 0 Å². The molecule has 1 aromatic rings. The van der Waals surface area contributed by atoms with Crippen LogP contribution in [0.15, 0.2) is 6.07 Å². The number of aromatic nitrogens is 1. The van der Waals surface area contributed by atoms with Gasteiger partial charge in [-0.3, -0.25) is 0 Å². The molecule has 0 unspecified atom stereocenters. The van der Waals surface area contributed by atoms with Crippen LogP contribution in [0.25, 0.3) is 0 Å². The van der Waals surface area contributed by atoms with Crippen LogP contribution in [0.4, 0.5) is 0 Å². The van der Waals surface area contributed by atoms with Gasteiger partial charge >= 0.3 is 0 Å². The van der Waals surface area contributed by atoms with Crippen molar-refractivity contribution in [3.63, 3.8) is 0 Å². The number of hydrogen-bond acceptors (Lipinski definition) is 2. The zero-order valence-electron chi connectivity index (χ0n) is 11.1. The van der Waals surface area contributed by atoms with Crippen LogP contribution in [0.2, 0.25) is 0 Å². The second-order valence-electron chi connectivity index (χ2n) is 4.45. The van der Waals surface area contributed by atoms with Crippen LogP contribution < -0.4 is 4.72 Å². The molecule has 5 heteroatoms. The first-order valence-corrected chi connectivity index (χ1v) is 7.61. The summed E-state index contributed by atoms with van der Waals surface area (Å²) in [6.07, 6.45) is 1.60. The van der Waals surface area contributed by atoms with Crippen molar-refractivity contribution >= 4 is 10.0 Å². The highest BCUT2D eigenvalue weighted by atomic mass is 32.2. The molecule has 0 bridgehead atoms. The first-order valence-electron chi connectivity index (χ1n) is 5.96. The van der Waals surface area contributed by atoms with E-state index in [2.05, 4.69) is 9.29 Å². The van der Waals surface area contributed by atoms with Crippen molar-refractivity contribution in [2.24, 2.45) is 7.05 Å². The van der Waals surface area contributed by atoms with E-state index in [0.29, 0.717) is 13.0 Å². The van der Waals surface area contributed by atoms with Gasteiger partial charge in [0.05, 0.1) is 5.75 Å². The Morgan fingerprint density at radius 3 is 2.47 bits per heavy atom. The Balaban J connectivity index is 2.64. The third kappa shape index (κ3) is 3.85. The Kier molecular flexibility index (Phi) is 4.77. The van der Waals surface area contributed by atoms with Crippen LogP contribution in [-0.2, 0) is 23.6 Å². The van der Waals surface area contributed by atoms with Crippen LogP contribution in [0.3, 0.4) is 0 Å². The van der Waals surface area contributed by atoms with Crippen LogP contribution >= 0.6 is 0 Å². The number of aryl methyl sites for hydroxylation is 1. The van der Waals surface area contributed by atoms with Crippen molar-refractivity contribution in [1.82, 2.24) is 9.29 Å². The number of nitrogens with one attached hydrogen (secondary N) is 1. The number of sulfonamides is 1. The second-order valence-corrected chi connectivity index (χ2v) is 6.38. The highest BCUT2D eigenvalue weighted by molar-refractivity contribution is 7.89. The lowest BCUT2D eigenvalue weighted by molar-refractivity contribution is 0.577. The van der Waals surface area contributed by atoms with Crippen molar-refractivity contribution < 1.29 is 8.42 Å². The normalized spacial score (nSPS) is 12.0. The molecular formula is C12H22N2O2S. The minimum absolute atomic E-state index is 0.217. The number of hydrogen-bond donors (Lipinski definition) is 1. The summed E-state index contributed by atoms with van der Waals surface area (Å²) < 4.78 is 28.0. The van der Waals surface area contributed by atoms with Gasteiger partial charge in [0.25, 0.3) is 0 Å². The number of unbranched alkanes of at least 4 members (excludes halogenated alkanes) is 1. The molecule has 0 atom stereocenters. The predicted molar refractivity (Wildman–Crippen MR) is 70.4 cm³/mol. The van der Waals surface area contributed by atoms with Crippen LogP contribution in [0.5, 0.6) is 0 Å². The van der Waals surface area contributed by atoms with E-state index in [4.69, 9.17) is 0 Å². The average molecular weight is 258 g/mol. The van der Waals surface area contributed by atoms with Gasteiger partial charge in [-0.15, -0.1) is 0 Å². The van der Waals surface area contributed by atoms with Gasteiger partial charge in [0, 0.05) is 25.0 Å². The molecule has 0 saturated carbocycles. The maximum Gasteiger partial charge on any atom is 0.211 e. The van der Waals surface area contributed by atoms with E-state index < -0.39 is 10.0 Å². The number of rotatable bonds is 6. The van der Waals surface area contributed by atoms with Crippen molar-refractivity contribution in [2.45, 2.75) is 40.2 Å². The average Bonchev–Trinajstić information content (AvgIpc) is 2.52. The molecule has 98 valence electrons. The Hall–Kier alpha value is -0.810. The standard InChI is InChI=1S/C12H22N2O2S/c1-5-6-7-17(15,16)13-9-12-8-10(2)14(4)11(12)3/h8,13H,5-7,9H2,1-4H3. The molecular weight excluding hydrogens is 236 g/mol. The molecule has 1 heterocycles. The van der Waals surface area contributed by atoms with E-state index in [9.17, 15) is 8.42 Å². The summed E-state index contributed by atoms with van der Waals surface area (Å²) in [7, 11) is -1.14. The fraction of sp³-hybridized carbons (Fsp3) is 0.667. The van der Waals surface area contributed by atoms with Gasteiger partial charge in [-0.2, -0.15) is 0 Å². The fourth-order valence-electron chi connectivity index (χ4n) is 1.71. The largest absolute Gasteiger partial charge is 0.352 e. The summed E-state index contributed by atoms with van der Waals surface area (Å²) in [5.41, 5.74) is 3.30. The Bertz CT molecular complexity index is 475. The quantitative estimate of drug-likeness (QED) is 0.846. The molecule has 0 fully saturated rings. The lowest BCUT2D eigenvalue weighted by Gasteiger charge is -2.06. The van der Waals surface area contributed by atoms with E-state index in [0.717, 1.165) is 23.4 Å². The summed E-state index contributed by atoms with van der Waals surface area (Å²) in [5.74, 6) is 0.217. The maximum atomic E-state index is 11.6. The maximum absolute atomic E-state index is 11.6. The van der Waals surface area contributed by atoms with Gasteiger partial charge in [-0.05, 0) is 31.9 Å². The summed E-state index contributed by atoms with van der Waals surface area (Å²) in [4.78, 5) is 0. The first-order chi connectivity index (χ1) is 7.87. The zero-order valence-corrected chi connectivity index (χ0v) is 11.9. The molecule has 0 aliphatic carbocycles. The minimum Gasteiger partial charge on any atom is -0.352 e. The SMILES string of the molecule is CCCCS(=O)(=O)NCc1cc(C)n(C)c1C. The third-order valence-electron chi connectivity index (χ3n) is 3.13. The molecule has 1 N–H and O–H groups in total. The summed E-state index contributed by atoms with van der Waals surface area (Å²) in [6, 6.07) is 2.03. The fourth-order valence-corrected chi connectivity index (χ4v) is 2.90. The van der Waals surface area contributed by atoms with Gasteiger partial charge in [-0.1, -0.05) is 13.3 Å². The van der Waals surface area contributed by atoms with Gasteiger partial charge in [-0.25, -0.2) is 13.1 Å². The molecule has 0 saturated heterocycles. The van der Waals surface area contributed by atoms with Crippen LogP contribution in [-0.4, -0.2) is 18.7 Å². The minimum atomic E-state index is -3.12.